The Morgan fingerprint density at radius 3 is 2.88 bits per heavy atom. The van der Waals surface area contributed by atoms with Gasteiger partial charge in [-0.15, -0.1) is 0 Å². The molecule has 168 valence electrons. The van der Waals surface area contributed by atoms with Crippen LogP contribution < -0.4 is 15.6 Å². The van der Waals surface area contributed by atoms with Gasteiger partial charge in [0.2, 0.25) is 0 Å². The van der Waals surface area contributed by atoms with Crippen molar-refractivity contribution in [3.05, 3.63) is 87.2 Å². The summed E-state index contributed by atoms with van der Waals surface area (Å²) in [4.78, 5) is 17.7. The summed E-state index contributed by atoms with van der Waals surface area (Å²) in [6, 6.07) is 13.1. The fourth-order valence-corrected chi connectivity index (χ4v) is 5.25. The molecule has 5 heterocycles. The first-order valence-corrected chi connectivity index (χ1v) is 11.3. The number of ether oxygens (including phenoxy) is 1. The molecular formula is C26H25FN4O2. The number of fused-ring (bicyclic) bond motifs is 6. The van der Waals surface area contributed by atoms with E-state index in [9.17, 15) is 9.18 Å². The van der Waals surface area contributed by atoms with Gasteiger partial charge in [-0.3, -0.25) is 9.36 Å². The number of hydrogen-bond donors (Lipinski definition) is 1. The summed E-state index contributed by atoms with van der Waals surface area (Å²) < 4.78 is 23.4. The van der Waals surface area contributed by atoms with Crippen molar-refractivity contribution < 1.29 is 9.13 Å². The molecule has 0 saturated carbocycles. The van der Waals surface area contributed by atoms with Crippen LogP contribution in [0.5, 0.6) is 5.75 Å². The van der Waals surface area contributed by atoms with Gasteiger partial charge >= 0.3 is 0 Å². The van der Waals surface area contributed by atoms with Crippen molar-refractivity contribution in [1.29, 1.82) is 0 Å². The number of benzene rings is 1. The lowest BCUT2D eigenvalue weighted by atomic mass is 10.00. The molecule has 0 aliphatic carbocycles. The van der Waals surface area contributed by atoms with Crippen molar-refractivity contribution in [2.24, 2.45) is 7.05 Å². The monoisotopic (exact) mass is 444 g/mol. The second-order valence-corrected chi connectivity index (χ2v) is 9.11. The van der Waals surface area contributed by atoms with Crippen molar-refractivity contribution in [2.45, 2.75) is 44.9 Å². The molecule has 0 radical (unpaired) electrons. The van der Waals surface area contributed by atoms with Gasteiger partial charge < -0.3 is 14.6 Å². The average Bonchev–Trinajstić information content (AvgIpc) is 3.31. The van der Waals surface area contributed by atoms with E-state index in [0.717, 1.165) is 29.4 Å². The number of nitrogens with zero attached hydrogens (tertiary/aromatic N) is 3. The highest BCUT2D eigenvalue weighted by atomic mass is 19.1. The molecule has 2 bridgehead atoms. The quantitative estimate of drug-likeness (QED) is 0.515. The van der Waals surface area contributed by atoms with Crippen molar-refractivity contribution in [1.82, 2.24) is 19.4 Å². The van der Waals surface area contributed by atoms with Gasteiger partial charge in [-0.05, 0) is 55.2 Å². The Bertz CT molecular complexity index is 1450. The molecule has 2 atom stereocenters. The second kappa shape index (κ2) is 7.56. The Morgan fingerprint density at radius 1 is 1.18 bits per heavy atom. The number of nitrogens with one attached hydrogen (secondary N) is 1. The van der Waals surface area contributed by atoms with E-state index in [2.05, 4.69) is 23.0 Å². The molecule has 2 aliphatic heterocycles. The molecule has 2 aliphatic rings. The van der Waals surface area contributed by atoms with Crippen LogP contribution in [-0.2, 0) is 20.1 Å². The summed E-state index contributed by atoms with van der Waals surface area (Å²) in [6.45, 7) is 1.90. The normalized spacial score (nSPS) is 19.1. The van der Waals surface area contributed by atoms with Crippen LogP contribution >= 0.6 is 0 Å². The van der Waals surface area contributed by atoms with Crippen LogP contribution in [0.4, 0.5) is 4.39 Å². The number of hydrogen-bond acceptors (Lipinski definition) is 4. The maximum Gasteiger partial charge on any atom is 0.259 e. The van der Waals surface area contributed by atoms with E-state index in [0.29, 0.717) is 29.2 Å². The number of aryl methyl sites for hydroxylation is 2. The van der Waals surface area contributed by atoms with Crippen LogP contribution in [0.2, 0.25) is 0 Å². The van der Waals surface area contributed by atoms with Crippen LogP contribution in [0.1, 0.15) is 41.3 Å². The summed E-state index contributed by atoms with van der Waals surface area (Å²) in [5.41, 5.74) is 4.66. The minimum atomic E-state index is -0.311. The Morgan fingerprint density at radius 2 is 2.06 bits per heavy atom. The van der Waals surface area contributed by atoms with Gasteiger partial charge in [-0.1, -0.05) is 12.1 Å². The van der Waals surface area contributed by atoms with Crippen molar-refractivity contribution in [2.75, 3.05) is 0 Å². The third-order valence-corrected chi connectivity index (χ3v) is 6.95. The van der Waals surface area contributed by atoms with Gasteiger partial charge in [0, 0.05) is 54.5 Å². The van der Waals surface area contributed by atoms with E-state index in [1.165, 1.54) is 34.4 Å². The number of aromatic nitrogens is 3. The predicted molar refractivity (Wildman–Crippen MR) is 124 cm³/mol. The maximum absolute atomic E-state index is 14.1. The van der Waals surface area contributed by atoms with Crippen molar-refractivity contribution in [3.8, 4) is 11.6 Å². The summed E-state index contributed by atoms with van der Waals surface area (Å²) in [5, 5.41) is 4.86. The molecule has 3 aromatic heterocycles. The van der Waals surface area contributed by atoms with Gasteiger partial charge in [0.15, 0.2) is 0 Å². The van der Waals surface area contributed by atoms with Gasteiger partial charge in [0.25, 0.3) is 5.56 Å². The zero-order valence-corrected chi connectivity index (χ0v) is 18.6. The molecule has 1 N–H and O–H groups in total. The van der Waals surface area contributed by atoms with Gasteiger partial charge in [0.1, 0.15) is 29.6 Å². The molecule has 2 unspecified atom stereocenters. The first-order chi connectivity index (χ1) is 16.0. The molecular weight excluding hydrogens is 419 g/mol. The predicted octanol–water partition coefficient (Wildman–Crippen LogP) is 4.10. The largest absolute Gasteiger partial charge is 0.489 e. The van der Waals surface area contributed by atoms with Crippen LogP contribution in [0.3, 0.4) is 0 Å². The molecule has 0 spiro atoms. The summed E-state index contributed by atoms with van der Waals surface area (Å²) in [6.07, 6.45) is 5.05. The van der Waals surface area contributed by atoms with Crippen LogP contribution in [0.25, 0.3) is 16.9 Å². The topological polar surface area (TPSA) is 61.1 Å². The number of halogens is 1. The molecule has 6 rings (SSSR count). The maximum atomic E-state index is 14.1. The Labute approximate surface area is 190 Å². The van der Waals surface area contributed by atoms with Crippen LogP contribution in [0.15, 0.2) is 53.5 Å². The minimum Gasteiger partial charge on any atom is -0.489 e. The first kappa shape index (κ1) is 20.2. The SMILES string of the molecule is Cc1ccc(COc2ccn(-c3ccc4c5c(n(C)c4n3)CC3CCC5N3)c(=O)c2)c(F)c1. The lowest BCUT2D eigenvalue weighted by Gasteiger charge is -2.22. The van der Waals surface area contributed by atoms with Crippen LogP contribution in [0, 0.1) is 12.7 Å². The summed E-state index contributed by atoms with van der Waals surface area (Å²) in [5.74, 6) is 0.656. The minimum absolute atomic E-state index is 0.0604. The second-order valence-electron chi connectivity index (χ2n) is 9.11. The summed E-state index contributed by atoms with van der Waals surface area (Å²) >= 11 is 0. The third-order valence-electron chi connectivity index (χ3n) is 6.95. The van der Waals surface area contributed by atoms with E-state index in [-0.39, 0.29) is 18.0 Å². The van der Waals surface area contributed by atoms with E-state index in [1.54, 1.807) is 18.3 Å². The Kier molecular flexibility index (Phi) is 4.62. The summed E-state index contributed by atoms with van der Waals surface area (Å²) in [7, 11) is 2.06. The highest BCUT2D eigenvalue weighted by Gasteiger charge is 2.36. The Balaban J connectivity index is 1.29. The Hall–Kier alpha value is -3.45. The van der Waals surface area contributed by atoms with E-state index in [4.69, 9.17) is 9.72 Å². The van der Waals surface area contributed by atoms with Gasteiger partial charge in [0.05, 0.1) is 0 Å². The fraction of sp³-hybridized carbons (Fsp3) is 0.308. The third kappa shape index (κ3) is 3.35. The smallest absolute Gasteiger partial charge is 0.259 e. The van der Waals surface area contributed by atoms with E-state index in [1.807, 2.05) is 19.1 Å². The fourth-order valence-electron chi connectivity index (χ4n) is 5.25. The lowest BCUT2D eigenvalue weighted by molar-refractivity contribution is 0.299. The molecule has 7 heteroatoms. The average molecular weight is 445 g/mol. The van der Waals surface area contributed by atoms with Gasteiger partial charge in [-0.25, -0.2) is 9.37 Å². The molecule has 4 aromatic rings. The standard InChI is InChI=1S/C26H25FN4O2/c1-15-3-4-16(20(27)11-15)14-33-18-9-10-31(24(32)13-18)23-8-6-19-25-21-7-5-17(28-21)12-22(25)30(2)26(19)29-23/h3-4,6,8-11,13,17,21,28H,5,7,12,14H2,1-2H3. The molecule has 1 aromatic carbocycles. The van der Waals surface area contributed by atoms with Crippen molar-refractivity contribution >= 4 is 11.0 Å². The van der Waals surface area contributed by atoms with Gasteiger partial charge in [-0.2, -0.15) is 0 Å². The van der Waals surface area contributed by atoms with Crippen LogP contribution in [-0.4, -0.2) is 20.2 Å². The van der Waals surface area contributed by atoms with Crippen molar-refractivity contribution in [3.63, 3.8) is 0 Å². The molecule has 1 fully saturated rings. The zero-order chi connectivity index (χ0) is 22.7. The number of pyridine rings is 2. The highest BCUT2D eigenvalue weighted by molar-refractivity contribution is 5.84. The highest BCUT2D eigenvalue weighted by Crippen LogP contribution is 2.41. The number of rotatable bonds is 4. The van der Waals surface area contributed by atoms with E-state index < -0.39 is 0 Å². The van der Waals surface area contributed by atoms with E-state index >= 15 is 0 Å². The molecule has 33 heavy (non-hydrogen) atoms. The zero-order valence-electron chi connectivity index (χ0n) is 18.6. The molecule has 1 saturated heterocycles. The first-order valence-electron chi connectivity index (χ1n) is 11.3. The molecule has 6 nitrogen and oxygen atoms in total. The molecule has 0 amide bonds. The lowest BCUT2D eigenvalue weighted by Crippen LogP contribution is -2.32.